The van der Waals surface area contributed by atoms with E-state index in [0.717, 1.165) is 0 Å². The number of anilines is 1. The Balaban J connectivity index is 1.98. The lowest BCUT2D eigenvalue weighted by atomic mass is 9.99. The highest BCUT2D eigenvalue weighted by molar-refractivity contribution is 6.30. The third-order valence-corrected chi connectivity index (χ3v) is 4.09. The molecule has 0 saturated carbocycles. The molecule has 2 aromatic rings. The summed E-state index contributed by atoms with van der Waals surface area (Å²) >= 11 is 6.01. The van der Waals surface area contributed by atoms with Crippen LogP contribution in [0.2, 0.25) is 5.02 Å². The van der Waals surface area contributed by atoms with E-state index in [9.17, 15) is 15.0 Å². The van der Waals surface area contributed by atoms with Crippen molar-refractivity contribution in [3.05, 3.63) is 70.5 Å². The van der Waals surface area contributed by atoms with Gasteiger partial charge in [-0.15, -0.1) is 0 Å². The summed E-state index contributed by atoms with van der Waals surface area (Å²) in [6.07, 6.45) is 1.83. The zero-order chi connectivity index (χ0) is 17.3. The van der Waals surface area contributed by atoms with Gasteiger partial charge in [0.1, 0.15) is 11.8 Å². The number of fused-ring (bicyclic) bond motifs is 1. The molecule has 3 N–H and O–H groups in total. The van der Waals surface area contributed by atoms with E-state index in [1.54, 1.807) is 35.2 Å². The van der Waals surface area contributed by atoms with Gasteiger partial charge in [-0.1, -0.05) is 17.7 Å². The van der Waals surface area contributed by atoms with E-state index in [2.05, 4.69) is 10.3 Å². The second-order valence-corrected chi connectivity index (χ2v) is 5.71. The molecule has 1 aromatic carbocycles. The second-order valence-electron chi connectivity index (χ2n) is 5.28. The number of benzene rings is 1. The lowest BCUT2D eigenvalue weighted by Gasteiger charge is -2.34. The number of aliphatic hydroxyl groups is 2. The SMILES string of the molecule is CCN1C(O)=C(NC(=O)c2ccncc2)C(O)c2ccc(Cl)cc21. The number of aromatic nitrogens is 1. The number of hydrogen-bond donors (Lipinski definition) is 3. The normalized spacial score (nSPS) is 16.8. The van der Waals surface area contributed by atoms with Crippen LogP contribution < -0.4 is 10.2 Å². The van der Waals surface area contributed by atoms with Crippen LogP contribution in [0.15, 0.2) is 54.3 Å². The Morgan fingerprint density at radius 3 is 2.71 bits per heavy atom. The van der Waals surface area contributed by atoms with Crippen molar-refractivity contribution in [1.82, 2.24) is 10.3 Å². The van der Waals surface area contributed by atoms with Crippen LogP contribution in [0.25, 0.3) is 0 Å². The summed E-state index contributed by atoms with van der Waals surface area (Å²) in [7, 11) is 0. The Hall–Kier alpha value is -2.57. The maximum Gasteiger partial charge on any atom is 0.255 e. The standard InChI is InChI=1S/C17H16ClN3O3/c1-2-21-13-9-11(18)3-4-12(13)15(22)14(17(21)24)20-16(23)10-5-7-19-8-6-10/h3-9,15,22,24H,2H2,1H3,(H,20,23). The minimum absolute atomic E-state index is 0.0356. The zero-order valence-electron chi connectivity index (χ0n) is 12.9. The van der Waals surface area contributed by atoms with Gasteiger partial charge in [0, 0.05) is 35.1 Å². The molecule has 7 heteroatoms. The molecule has 24 heavy (non-hydrogen) atoms. The van der Waals surface area contributed by atoms with Crippen molar-refractivity contribution in [2.45, 2.75) is 13.0 Å². The molecule has 1 aliphatic heterocycles. The highest BCUT2D eigenvalue weighted by Gasteiger charge is 2.32. The molecule has 2 heterocycles. The van der Waals surface area contributed by atoms with Gasteiger partial charge in [-0.05, 0) is 31.2 Å². The van der Waals surface area contributed by atoms with Crippen LogP contribution in [0.3, 0.4) is 0 Å². The maximum atomic E-state index is 12.3. The number of amides is 1. The first kappa shape index (κ1) is 16.3. The van der Waals surface area contributed by atoms with Gasteiger partial charge >= 0.3 is 0 Å². The first-order valence-corrected chi connectivity index (χ1v) is 7.80. The molecule has 0 saturated heterocycles. The van der Waals surface area contributed by atoms with Gasteiger partial charge in [-0.25, -0.2) is 0 Å². The average Bonchev–Trinajstić information content (AvgIpc) is 2.59. The van der Waals surface area contributed by atoms with Crippen molar-refractivity contribution in [2.24, 2.45) is 0 Å². The average molecular weight is 346 g/mol. The van der Waals surface area contributed by atoms with Gasteiger partial charge in [-0.2, -0.15) is 0 Å². The fourth-order valence-electron chi connectivity index (χ4n) is 2.66. The highest BCUT2D eigenvalue weighted by Crippen LogP contribution is 2.39. The molecule has 1 atom stereocenters. The summed E-state index contributed by atoms with van der Waals surface area (Å²) in [5.74, 6) is -0.645. The minimum Gasteiger partial charge on any atom is -0.493 e. The van der Waals surface area contributed by atoms with E-state index in [1.807, 2.05) is 6.92 Å². The van der Waals surface area contributed by atoms with Crippen LogP contribution in [0.1, 0.15) is 28.9 Å². The van der Waals surface area contributed by atoms with Gasteiger partial charge in [-0.3, -0.25) is 9.78 Å². The van der Waals surface area contributed by atoms with Crippen molar-refractivity contribution < 1.29 is 15.0 Å². The Morgan fingerprint density at radius 2 is 2.04 bits per heavy atom. The van der Waals surface area contributed by atoms with Crippen molar-refractivity contribution in [3.63, 3.8) is 0 Å². The van der Waals surface area contributed by atoms with Crippen LogP contribution in [0.5, 0.6) is 0 Å². The predicted octanol–water partition coefficient (Wildman–Crippen LogP) is 2.77. The number of hydrogen-bond acceptors (Lipinski definition) is 5. The molecular formula is C17H16ClN3O3. The van der Waals surface area contributed by atoms with E-state index < -0.39 is 12.0 Å². The quantitative estimate of drug-likeness (QED) is 0.796. The van der Waals surface area contributed by atoms with Crippen molar-refractivity contribution in [2.75, 3.05) is 11.4 Å². The lowest BCUT2D eigenvalue weighted by molar-refractivity contribution is 0.0939. The van der Waals surface area contributed by atoms with Gasteiger partial charge in [0.2, 0.25) is 5.88 Å². The molecule has 1 aromatic heterocycles. The van der Waals surface area contributed by atoms with Gasteiger partial charge in [0.15, 0.2) is 0 Å². The summed E-state index contributed by atoms with van der Waals surface area (Å²) in [6.45, 7) is 2.29. The molecule has 3 rings (SSSR count). The second kappa shape index (κ2) is 6.51. The molecule has 0 aliphatic carbocycles. The molecule has 0 fully saturated rings. The summed E-state index contributed by atoms with van der Waals surface area (Å²) in [5, 5.41) is 24.2. The fourth-order valence-corrected chi connectivity index (χ4v) is 2.83. The minimum atomic E-state index is -1.16. The monoisotopic (exact) mass is 345 g/mol. The molecule has 6 nitrogen and oxygen atoms in total. The Kier molecular flexibility index (Phi) is 4.42. The summed E-state index contributed by atoms with van der Waals surface area (Å²) < 4.78 is 0. The van der Waals surface area contributed by atoms with E-state index >= 15 is 0 Å². The van der Waals surface area contributed by atoms with Gasteiger partial charge in [0.25, 0.3) is 5.91 Å². The number of nitrogens with one attached hydrogen (secondary N) is 1. The molecule has 0 spiro atoms. The van der Waals surface area contributed by atoms with Crippen LogP contribution in [0, 0.1) is 0 Å². The molecule has 1 unspecified atom stereocenters. The predicted molar refractivity (Wildman–Crippen MR) is 90.8 cm³/mol. The zero-order valence-corrected chi connectivity index (χ0v) is 13.7. The highest BCUT2D eigenvalue weighted by atomic mass is 35.5. The number of rotatable bonds is 3. The lowest BCUT2D eigenvalue weighted by Crippen LogP contribution is -2.37. The Labute approximate surface area is 144 Å². The number of carbonyl (C=O) groups excluding carboxylic acids is 1. The number of carbonyl (C=O) groups is 1. The third kappa shape index (κ3) is 2.81. The summed E-state index contributed by atoms with van der Waals surface area (Å²) in [4.78, 5) is 17.8. The topological polar surface area (TPSA) is 85.7 Å². The van der Waals surface area contributed by atoms with Crippen molar-refractivity contribution in [3.8, 4) is 0 Å². The fraction of sp³-hybridized carbons (Fsp3) is 0.176. The molecular weight excluding hydrogens is 330 g/mol. The first-order valence-electron chi connectivity index (χ1n) is 7.42. The van der Waals surface area contributed by atoms with Crippen molar-refractivity contribution >= 4 is 23.2 Å². The Morgan fingerprint density at radius 1 is 1.33 bits per heavy atom. The number of pyridine rings is 1. The first-order chi connectivity index (χ1) is 11.5. The third-order valence-electron chi connectivity index (χ3n) is 3.85. The van der Waals surface area contributed by atoms with E-state index in [-0.39, 0.29) is 11.6 Å². The van der Waals surface area contributed by atoms with Crippen LogP contribution >= 0.6 is 11.6 Å². The maximum absolute atomic E-state index is 12.3. The summed E-state index contributed by atoms with van der Waals surface area (Å²) in [5.41, 5.74) is 1.58. The molecule has 124 valence electrons. The largest absolute Gasteiger partial charge is 0.493 e. The van der Waals surface area contributed by atoms with Crippen molar-refractivity contribution in [1.29, 1.82) is 0 Å². The number of aliphatic hydroxyl groups excluding tert-OH is 2. The van der Waals surface area contributed by atoms with E-state index in [4.69, 9.17) is 11.6 Å². The molecule has 0 bridgehead atoms. The van der Waals surface area contributed by atoms with Crippen LogP contribution in [-0.2, 0) is 0 Å². The molecule has 1 aliphatic rings. The van der Waals surface area contributed by atoms with E-state index in [0.29, 0.717) is 28.4 Å². The van der Waals surface area contributed by atoms with Crippen LogP contribution in [-0.4, -0.2) is 27.6 Å². The van der Waals surface area contributed by atoms with Gasteiger partial charge in [0.05, 0.1) is 5.69 Å². The summed E-state index contributed by atoms with van der Waals surface area (Å²) in [6, 6.07) is 8.10. The number of halogens is 1. The smallest absolute Gasteiger partial charge is 0.255 e. The van der Waals surface area contributed by atoms with Crippen LogP contribution in [0.4, 0.5) is 5.69 Å². The molecule has 0 radical (unpaired) electrons. The van der Waals surface area contributed by atoms with Gasteiger partial charge < -0.3 is 20.4 Å². The van der Waals surface area contributed by atoms with E-state index in [1.165, 1.54) is 12.4 Å². The Bertz CT molecular complexity index is 808. The molecule has 1 amide bonds. The number of nitrogens with zero attached hydrogens (tertiary/aromatic N) is 2.